The van der Waals surface area contributed by atoms with Crippen molar-refractivity contribution in [2.75, 3.05) is 40.0 Å². The van der Waals surface area contributed by atoms with Crippen molar-refractivity contribution in [3.8, 4) is 5.75 Å². The van der Waals surface area contributed by atoms with Crippen molar-refractivity contribution in [3.05, 3.63) is 23.8 Å². The van der Waals surface area contributed by atoms with Gasteiger partial charge in [0.25, 0.3) is 0 Å². The number of amides is 1. The number of piperidine rings is 1. The van der Waals surface area contributed by atoms with Crippen LogP contribution in [-0.4, -0.2) is 56.0 Å². The van der Waals surface area contributed by atoms with Gasteiger partial charge in [-0.3, -0.25) is 4.79 Å². The first-order chi connectivity index (χ1) is 10.5. The molecule has 5 heteroatoms. The molecular weight excluding hydrogens is 278 g/mol. The number of anilines is 1. The number of benzene rings is 1. The smallest absolute Gasteiger partial charge is 0.222 e. The van der Waals surface area contributed by atoms with Crippen molar-refractivity contribution in [2.45, 2.75) is 31.7 Å². The van der Waals surface area contributed by atoms with E-state index in [1.54, 1.807) is 7.11 Å². The summed E-state index contributed by atoms with van der Waals surface area (Å²) in [7, 11) is 5.66. The van der Waals surface area contributed by atoms with E-state index >= 15 is 0 Å². The number of nitrogens with two attached hydrogens (primary N) is 1. The molecule has 1 aliphatic heterocycles. The second-order valence-corrected chi connectivity index (χ2v) is 6.12. The predicted octanol–water partition coefficient (Wildman–Crippen LogP) is 1.76. The summed E-state index contributed by atoms with van der Waals surface area (Å²) in [4.78, 5) is 16.6. The van der Waals surface area contributed by atoms with Gasteiger partial charge in [-0.15, -0.1) is 0 Å². The molecule has 1 heterocycles. The zero-order chi connectivity index (χ0) is 16.1. The van der Waals surface area contributed by atoms with Crippen LogP contribution in [0.4, 0.5) is 5.69 Å². The average Bonchev–Trinajstić information content (AvgIpc) is 2.52. The van der Waals surface area contributed by atoms with E-state index in [2.05, 4.69) is 11.9 Å². The highest BCUT2D eigenvalue weighted by Crippen LogP contribution is 2.23. The van der Waals surface area contributed by atoms with Gasteiger partial charge in [0.05, 0.1) is 12.8 Å². The number of methoxy groups -OCH3 is 1. The number of nitrogen functional groups attached to an aromatic ring is 1. The van der Waals surface area contributed by atoms with Gasteiger partial charge in [0, 0.05) is 19.5 Å². The molecular formula is C17H27N3O2. The molecule has 1 aromatic rings. The Morgan fingerprint density at radius 3 is 2.68 bits per heavy atom. The fourth-order valence-corrected chi connectivity index (χ4v) is 2.95. The summed E-state index contributed by atoms with van der Waals surface area (Å²) in [6, 6.07) is 6.10. The molecule has 0 spiro atoms. The first-order valence-electron chi connectivity index (χ1n) is 7.88. The summed E-state index contributed by atoms with van der Waals surface area (Å²) in [6.45, 7) is 2.13. The van der Waals surface area contributed by atoms with Gasteiger partial charge >= 0.3 is 0 Å². The van der Waals surface area contributed by atoms with E-state index in [-0.39, 0.29) is 5.91 Å². The Kier molecular flexibility index (Phi) is 5.66. The highest BCUT2D eigenvalue weighted by atomic mass is 16.5. The summed E-state index contributed by atoms with van der Waals surface area (Å²) < 4.78 is 5.15. The Bertz CT molecular complexity index is 511. The summed E-state index contributed by atoms with van der Waals surface area (Å²) in [5.41, 5.74) is 7.60. The second-order valence-electron chi connectivity index (χ2n) is 6.12. The Labute approximate surface area is 133 Å². The van der Waals surface area contributed by atoms with Crippen molar-refractivity contribution >= 4 is 11.6 Å². The summed E-state index contributed by atoms with van der Waals surface area (Å²) >= 11 is 0. The van der Waals surface area contributed by atoms with Crippen LogP contribution in [0.15, 0.2) is 18.2 Å². The van der Waals surface area contributed by atoms with Crippen LogP contribution >= 0.6 is 0 Å². The van der Waals surface area contributed by atoms with Gasteiger partial charge in [-0.05, 0) is 57.1 Å². The number of hydrogen-bond donors (Lipinski definition) is 1. The molecule has 2 N–H and O–H groups in total. The third-order valence-corrected chi connectivity index (χ3v) is 4.55. The average molecular weight is 305 g/mol. The normalized spacial score (nSPS) is 16.5. The molecule has 1 saturated heterocycles. The molecule has 1 fully saturated rings. The second kappa shape index (κ2) is 7.49. The maximum atomic E-state index is 12.4. The summed E-state index contributed by atoms with van der Waals surface area (Å²) in [6.07, 6.45) is 3.36. The van der Waals surface area contributed by atoms with Crippen LogP contribution in [0.5, 0.6) is 5.75 Å². The van der Waals surface area contributed by atoms with Gasteiger partial charge in [0.15, 0.2) is 0 Å². The molecule has 0 aromatic heterocycles. The number of carbonyl (C=O) groups excluding carboxylic acids is 1. The van der Waals surface area contributed by atoms with Gasteiger partial charge in [-0.25, -0.2) is 0 Å². The van der Waals surface area contributed by atoms with E-state index in [1.165, 1.54) is 0 Å². The number of ether oxygens (including phenoxy) is 1. The highest BCUT2D eigenvalue weighted by Gasteiger charge is 2.23. The molecule has 0 bridgehead atoms. The summed E-state index contributed by atoms with van der Waals surface area (Å²) in [5, 5.41) is 0. The summed E-state index contributed by atoms with van der Waals surface area (Å²) in [5.74, 6) is 0.891. The Hall–Kier alpha value is -1.75. The van der Waals surface area contributed by atoms with Crippen LogP contribution in [0.1, 0.15) is 24.8 Å². The zero-order valence-corrected chi connectivity index (χ0v) is 13.8. The predicted molar refractivity (Wildman–Crippen MR) is 89.0 cm³/mol. The third kappa shape index (κ3) is 4.13. The molecule has 2 rings (SSSR count). The lowest BCUT2D eigenvalue weighted by molar-refractivity contribution is -0.132. The molecule has 22 heavy (non-hydrogen) atoms. The van der Waals surface area contributed by atoms with E-state index < -0.39 is 0 Å². The lowest BCUT2D eigenvalue weighted by Crippen LogP contribution is -2.44. The van der Waals surface area contributed by atoms with Gasteiger partial charge in [0.1, 0.15) is 5.75 Å². The lowest BCUT2D eigenvalue weighted by atomic mass is 10.0. The molecule has 0 radical (unpaired) electrons. The topological polar surface area (TPSA) is 58.8 Å². The van der Waals surface area contributed by atoms with E-state index in [0.29, 0.717) is 30.3 Å². The number of likely N-dealkylation sites (tertiary alicyclic amines) is 1. The quantitative estimate of drug-likeness (QED) is 0.842. The van der Waals surface area contributed by atoms with Crippen molar-refractivity contribution in [1.82, 2.24) is 9.80 Å². The van der Waals surface area contributed by atoms with Gasteiger partial charge in [0.2, 0.25) is 5.91 Å². The highest BCUT2D eigenvalue weighted by molar-refractivity contribution is 5.76. The molecule has 0 unspecified atom stereocenters. The fourth-order valence-electron chi connectivity index (χ4n) is 2.95. The Morgan fingerprint density at radius 2 is 2.09 bits per heavy atom. The molecule has 0 saturated carbocycles. The van der Waals surface area contributed by atoms with Crippen LogP contribution in [0.2, 0.25) is 0 Å². The first kappa shape index (κ1) is 16.6. The van der Waals surface area contributed by atoms with Crippen LogP contribution < -0.4 is 10.5 Å². The maximum absolute atomic E-state index is 12.4. The monoisotopic (exact) mass is 305 g/mol. The molecule has 1 aliphatic rings. The van der Waals surface area contributed by atoms with E-state index in [1.807, 2.05) is 30.1 Å². The molecule has 1 amide bonds. The first-order valence-corrected chi connectivity index (χ1v) is 7.88. The van der Waals surface area contributed by atoms with Gasteiger partial charge in [-0.1, -0.05) is 6.07 Å². The lowest BCUT2D eigenvalue weighted by Gasteiger charge is -2.35. The number of rotatable bonds is 5. The fraction of sp³-hybridized carbons (Fsp3) is 0.588. The van der Waals surface area contributed by atoms with Gasteiger partial charge in [-0.2, -0.15) is 0 Å². The minimum Gasteiger partial charge on any atom is -0.495 e. The van der Waals surface area contributed by atoms with Crippen LogP contribution in [-0.2, 0) is 11.2 Å². The molecule has 1 aromatic carbocycles. The number of nitrogens with zero attached hydrogens (tertiary/aromatic N) is 2. The minimum atomic E-state index is 0.212. The van der Waals surface area contributed by atoms with Crippen LogP contribution in [0, 0.1) is 0 Å². The van der Waals surface area contributed by atoms with Crippen molar-refractivity contribution in [3.63, 3.8) is 0 Å². The Morgan fingerprint density at radius 1 is 1.41 bits per heavy atom. The molecule has 0 atom stereocenters. The number of carbonyl (C=O) groups is 1. The van der Waals surface area contributed by atoms with Crippen LogP contribution in [0.25, 0.3) is 0 Å². The maximum Gasteiger partial charge on any atom is 0.222 e. The number of hydrogen-bond acceptors (Lipinski definition) is 4. The largest absolute Gasteiger partial charge is 0.495 e. The van der Waals surface area contributed by atoms with Crippen molar-refractivity contribution in [1.29, 1.82) is 0 Å². The zero-order valence-electron chi connectivity index (χ0n) is 13.8. The van der Waals surface area contributed by atoms with E-state index in [4.69, 9.17) is 10.5 Å². The Balaban J connectivity index is 1.85. The standard InChI is InChI=1S/C17H27N3O2/c1-19-10-8-14(9-11-19)20(2)17(21)7-5-13-4-6-16(22-3)15(18)12-13/h4,6,12,14H,5,7-11,18H2,1-3H3. The van der Waals surface area contributed by atoms with E-state index in [0.717, 1.165) is 31.5 Å². The van der Waals surface area contributed by atoms with Crippen molar-refractivity contribution < 1.29 is 9.53 Å². The minimum absolute atomic E-state index is 0.212. The van der Waals surface area contributed by atoms with Gasteiger partial charge < -0.3 is 20.3 Å². The van der Waals surface area contributed by atoms with Crippen molar-refractivity contribution in [2.24, 2.45) is 0 Å². The van der Waals surface area contributed by atoms with E-state index in [9.17, 15) is 4.79 Å². The number of aryl methyl sites for hydroxylation is 1. The third-order valence-electron chi connectivity index (χ3n) is 4.55. The molecule has 0 aliphatic carbocycles. The SMILES string of the molecule is COc1ccc(CCC(=O)N(C)C2CCN(C)CC2)cc1N. The van der Waals surface area contributed by atoms with Crippen LogP contribution in [0.3, 0.4) is 0 Å². The molecule has 5 nitrogen and oxygen atoms in total. The molecule has 122 valence electrons.